The number of carbonyl (C=O) groups excluding carboxylic acids is 3. The molecule has 0 unspecified atom stereocenters. The summed E-state index contributed by atoms with van der Waals surface area (Å²) in [6.45, 7) is 5.25. The van der Waals surface area contributed by atoms with E-state index in [9.17, 15) is 37.5 Å². The van der Waals surface area contributed by atoms with Gasteiger partial charge in [0.25, 0.3) is 11.8 Å². The number of aromatic nitrogens is 5. The predicted molar refractivity (Wildman–Crippen MR) is 207 cm³/mol. The second-order valence-corrected chi connectivity index (χ2v) is 15.5. The van der Waals surface area contributed by atoms with E-state index in [1.807, 2.05) is 0 Å². The second kappa shape index (κ2) is 16.4. The number of carbonyl (C=O) groups is 4. The lowest BCUT2D eigenvalue weighted by Crippen LogP contribution is -2.62. The van der Waals surface area contributed by atoms with Gasteiger partial charge in [-0.1, -0.05) is 11.6 Å². The van der Waals surface area contributed by atoms with Crippen LogP contribution in [0, 0.1) is 11.8 Å². The standard InChI is InChI=1S/C38H43ClF3N11O5/c1-43-24-5-8-45-28(16-24)32-31(33(49-48-32)38(40,41)42)29-19-46-34(50(29)2)35(56)47-25-3-4-26(27(39)15-25)37(58)52-11-9-51(10-12-52)36(57)23-6-13-53(14-7-23,21-30(54)55)20-22-17-44-18-22/h3-5,8,15-16,19,22-23,44H,6-7,9-14,17-18,20-21H2,1-2H3,(H3-,43,45,47,48,49,54,55,56,58)/p+1. The number of H-pyrrole nitrogens is 1. The zero-order chi connectivity index (χ0) is 41.4. The molecule has 0 atom stereocenters. The maximum absolute atomic E-state index is 14.2. The second-order valence-electron chi connectivity index (χ2n) is 15.1. The zero-order valence-corrected chi connectivity index (χ0v) is 32.7. The Kier molecular flexibility index (Phi) is 11.5. The number of likely N-dealkylation sites (tertiary alicyclic amines) is 1. The first-order valence-corrected chi connectivity index (χ1v) is 19.3. The van der Waals surface area contributed by atoms with E-state index in [0.717, 1.165) is 25.8 Å². The molecule has 3 aliphatic heterocycles. The Morgan fingerprint density at radius 2 is 1.71 bits per heavy atom. The number of halogens is 4. The molecule has 0 saturated carbocycles. The Hall–Kier alpha value is -5.53. The normalized spacial score (nSPS) is 20.1. The van der Waals surface area contributed by atoms with Gasteiger partial charge < -0.3 is 39.9 Å². The van der Waals surface area contributed by atoms with Crippen molar-refractivity contribution in [3.8, 4) is 22.6 Å². The van der Waals surface area contributed by atoms with Crippen molar-refractivity contribution >= 4 is 46.7 Å². The van der Waals surface area contributed by atoms with Gasteiger partial charge in [0.05, 0.1) is 59.1 Å². The van der Waals surface area contributed by atoms with E-state index in [4.69, 9.17) is 11.6 Å². The van der Waals surface area contributed by atoms with Crippen molar-refractivity contribution in [1.29, 1.82) is 0 Å². The first-order valence-electron chi connectivity index (χ1n) is 18.9. The molecule has 3 aliphatic rings. The van der Waals surface area contributed by atoms with Gasteiger partial charge in [0.2, 0.25) is 5.91 Å². The predicted octanol–water partition coefficient (Wildman–Crippen LogP) is 3.65. The number of nitrogens with zero attached hydrogens (tertiary/aromatic N) is 7. The number of aromatic amines is 1. The lowest BCUT2D eigenvalue weighted by molar-refractivity contribution is -0.929. The lowest BCUT2D eigenvalue weighted by atomic mass is 9.90. The van der Waals surface area contributed by atoms with Gasteiger partial charge in [0.1, 0.15) is 0 Å². The number of anilines is 2. The molecule has 3 saturated heterocycles. The number of aliphatic carboxylic acids is 1. The van der Waals surface area contributed by atoms with E-state index in [2.05, 4.69) is 36.1 Å². The minimum atomic E-state index is -4.83. The van der Waals surface area contributed by atoms with Crippen molar-refractivity contribution in [1.82, 2.24) is 39.8 Å². The molecule has 4 aromatic rings. The Balaban J connectivity index is 0.972. The van der Waals surface area contributed by atoms with Gasteiger partial charge >= 0.3 is 12.1 Å². The molecular formula is C38H44ClF3N11O5+. The zero-order valence-electron chi connectivity index (χ0n) is 31.9. The fourth-order valence-corrected chi connectivity index (χ4v) is 8.41. The van der Waals surface area contributed by atoms with Crippen molar-refractivity contribution in [3.63, 3.8) is 0 Å². The summed E-state index contributed by atoms with van der Waals surface area (Å²) >= 11 is 6.56. The summed E-state index contributed by atoms with van der Waals surface area (Å²) in [5, 5.41) is 24.5. The molecule has 3 fully saturated rings. The third-order valence-electron chi connectivity index (χ3n) is 11.4. The van der Waals surface area contributed by atoms with Crippen LogP contribution in [0.2, 0.25) is 5.02 Å². The number of benzene rings is 1. The Labute approximate surface area is 336 Å². The van der Waals surface area contributed by atoms with Crippen molar-refractivity contribution in [3.05, 3.63) is 64.8 Å². The van der Waals surface area contributed by atoms with Gasteiger partial charge in [-0.15, -0.1) is 0 Å². The maximum atomic E-state index is 14.2. The molecule has 0 bridgehead atoms. The molecule has 3 aromatic heterocycles. The number of nitrogens with one attached hydrogen (secondary N) is 4. The lowest BCUT2D eigenvalue weighted by Gasteiger charge is -2.46. The first kappa shape index (κ1) is 40.7. The van der Waals surface area contributed by atoms with Crippen LogP contribution in [0.4, 0.5) is 24.5 Å². The molecule has 308 valence electrons. The number of carboxylic acids is 1. The van der Waals surface area contributed by atoms with Crippen molar-refractivity contribution in [2.45, 2.75) is 19.0 Å². The molecule has 7 rings (SSSR count). The van der Waals surface area contributed by atoms with Crippen LogP contribution in [0.1, 0.15) is 39.5 Å². The van der Waals surface area contributed by atoms with Gasteiger partial charge in [-0.05, 0) is 30.3 Å². The van der Waals surface area contributed by atoms with Crippen molar-refractivity contribution < 1.29 is 41.9 Å². The minimum Gasteiger partial charge on any atom is -0.477 e. The molecule has 0 radical (unpaired) electrons. The molecule has 5 N–H and O–H groups in total. The first-order chi connectivity index (χ1) is 27.7. The van der Waals surface area contributed by atoms with E-state index >= 15 is 0 Å². The third-order valence-corrected chi connectivity index (χ3v) is 11.7. The number of pyridine rings is 1. The number of amides is 3. The van der Waals surface area contributed by atoms with Crippen LogP contribution in [0.5, 0.6) is 0 Å². The molecule has 1 aromatic carbocycles. The molecule has 3 amide bonds. The molecule has 0 spiro atoms. The van der Waals surface area contributed by atoms with E-state index in [-0.39, 0.29) is 69.0 Å². The summed E-state index contributed by atoms with van der Waals surface area (Å²) in [5.41, 5.74) is -0.353. The average molecular weight is 827 g/mol. The Morgan fingerprint density at radius 3 is 2.33 bits per heavy atom. The number of imidazole rings is 1. The highest BCUT2D eigenvalue weighted by Gasteiger charge is 2.43. The van der Waals surface area contributed by atoms with Crippen LogP contribution in [0.15, 0.2) is 42.7 Å². The average Bonchev–Trinajstić information content (AvgIpc) is 3.80. The van der Waals surface area contributed by atoms with Crippen LogP contribution in [0.3, 0.4) is 0 Å². The molecule has 0 aliphatic carbocycles. The van der Waals surface area contributed by atoms with Crippen LogP contribution >= 0.6 is 11.6 Å². The van der Waals surface area contributed by atoms with E-state index in [0.29, 0.717) is 68.2 Å². The highest BCUT2D eigenvalue weighted by molar-refractivity contribution is 6.34. The van der Waals surface area contributed by atoms with Crippen molar-refractivity contribution in [2.24, 2.45) is 18.9 Å². The minimum absolute atomic E-state index is 0.0128. The van der Waals surface area contributed by atoms with E-state index in [1.54, 1.807) is 29.0 Å². The summed E-state index contributed by atoms with van der Waals surface area (Å²) in [6.07, 6.45) is -0.991. The van der Waals surface area contributed by atoms with E-state index < -0.39 is 23.7 Å². The van der Waals surface area contributed by atoms with Crippen LogP contribution in [0.25, 0.3) is 22.6 Å². The van der Waals surface area contributed by atoms with Gasteiger partial charge in [-0.2, -0.15) is 18.3 Å². The highest BCUT2D eigenvalue weighted by Crippen LogP contribution is 2.41. The van der Waals surface area contributed by atoms with E-state index in [1.165, 1.54) is 36.0 Å². The summed E-state index contributed by atoms with van der Waals surface area (Å²) in [5.74, 6) is -1.80. The van der Waals surface area contributed by atoms with Gasteiger partial charge in [0, 0.05) is 95.6 Å². The number of hydrogen-bond acceptors (Lipinski definition) is 9. The van der Waals surface area contributed by atoms with Gasteiger partial charge in [-0.3, -0.25) is 24.5 Å². The largest absolute Gasteiger partial charge is 0.477 e. The third kappa shape index (κ3) is 8.37. The quantitative estimate of drug-likeness (QED) is 0.140. The summed E-state index contributed by atoms with van der Waals surface area (Å²) in [4.78, 5) is 63.9. The number of piperidine rings is 1. The molecule has 16 nitrogen and oxygen atoms in total. The fraction of sp³-hybridized carbons (Fsp3) is 0.447. The number of alkyl halides is 3. The van der Waals surface area contributed by atoms with Crippen LogP contribution in [-0.2, 0) is 22.8 Å². The summed E-state index contributed by atoms with van der Waals surface area (Å²) < 4.78 is 44.2. The fourth-order valence-electron chi connectivity index (χ4n) is 8.15. The Bertz CT molecular complexity index is 2210. The van der Waals surface area contributed by atoms with Gasteiger partial charge in [-0.25, -0.2) is 9.78 Å². The molecule has 58 heavy (non-hydrogen) atoms. The SMILES string of the molecule is CNc1ccnc(-c2[nH]nc(C(F)(F)F)c2-c2cnc(C(=O)Nc3ccc(C(=O)N4CCN(C(=O)C5CC[N+](CC(=O)O)(CC6CNC6)CC5)CC4)c(Cl)c3)n2C)c1. The van der Waals surface area contributed by atoms with Gasteiger partial charge in [0.15, 0.2) is 18.1 Å². The highest BCUT2D eigenvalue weighted by atomic mass is 35.5. The molecule has 20 heteroatoms. The molecule has 6 heterocycles. The van der Waals surface area contributed by atoms with Crippen LogP contribution in [-0.4, -0.2) is 140 Å². The summed E-state index contributed by atoms with van der Waals surface area (Å²) in [6, 6.07) is 7.58. The van der Waals surface area contributed by atoms with Crippen LogP contribution < -0.4 is 16.0 Å². The number of hydrogen-bond donors (Lipinski definition) is 5. The molecular weight excluding hydrogens is 783 g/mol. The number of rotatable bonds is 11. The van der Waals surface area contributed by atoms with Crippen molar-refractivity contribution in [2.75, 3.05) is 83.1 Å². The number of quaternary nitrogens is 1. The summed E-state index contributed by atoms with van der Waals surface area (Å²) in [7, 11) is 3.07. The number of piperazine rings is 1. The Morgan fingerprint density at radius 1 is 1.00 bits per heavy atom. The smallest absolute Gasteiger partial charge is 0.435 e. The monoisotopic (exact) mass is 826 g/mol. The maximum Gasteiger partial charge on any atom is 0.435 e. The topological polar surface area (TPSA) is 190 Å². The number of carboxylic acid groups (broad SMARTS) is 1.